The van der Waals surface area contributed by atoms with Crippen LogP contribution < -0.4 is 5.32 Å². The summed E-state index contributed by atoms with van der Waals surface area (Å²) in [4.78, 5) is 0. The molecule has 2 aliphatic carbocycles. The highest BCUT2D eigenvalue weighted by Crippen LogP contribution is 2.40. The fourth-order valence-electron chi connectivity index (χ4n) is 4.54. The van der Waals surface area contributed by atoms with E-state index in [1.54, 1.807) is 0 Å². The lowest BCUT2D eigenvalue weighted by atomic mass is 9.69. The first-order chi connectivity index (χ1) is 9.74. The van der Waals surface area contributed by atoms with Crippen molar-refractivity contribution in [1.29, 1.82) is 0 Å². The van der Waals surface area contributed by atoms with Crippen LogP contribution in [-0.4, -0.2) is 6.04 Å². The van der Waals surface area contributed by atoms with Gasteiger partial charge in [0.05, 0.1) is 0 Å². The highest BCUT2D eigenvalue weighted by atomic mass is 14.9. The average molecular weight is 271 g/mol. The molecule has 0 heterocycles. The van der Waals surface area contributed by atoms with E-state index in [1.165, 1.54) is 56.1 Å². The Balaban J connectivity index is 1.59. The topological polar surface area (TPSA) is 12.0 Å². The van der Waals surface area contributed by atoms with Crippen molar-refractivity contribution in [2.45, 2.75) is 70.9 Å². The second kappa shape index (κ2) is 6.30. The number of rotatable bonds is 3. The van der Waals surface area contributed by atoms with Crippen LogP contribution in [0.25, 0.3) is 0 Å². The number of hydrogen-bond donors (Lipinski definition) is 1. The third-order valence-electron chi connectivity index (χ3n) is 5.68. The monoisotopic (exact) mass is 271 g/mol. The second-order valence-electron chi connectivity index (χ2n) is 7.06. The van der Waals surface area contributed by atoms with Gasteiger partial charge in [0.25, 0.3) is 0 Å². The second-order valence-corrected chi connectivity index (χ2v) is 7.06. The molecule has 1 nitrogen and oxygen atoms in total. The molecule has 1 aromatic rings. The molecular weight excluding hydrogens is 242 g/mol. The van der Waals surface area contributed by atoms with Crippen molar-refractivity contribution in [3.8, 4) is 0 Å². The number of benzene rings is 1. The Hall–Kier alpha value is -0.820. The Kier molecular flexibility index (Phi) is 4.45. The molecule has 3 unspecified atom stereocenters. The summed E-state index contributed by atoms with van der Waals surface area (Å²) in [5, 5.41) is 3.91. The van der Waals surface area contributed by atoms with Crippen LogP contribution in [0.2, 0.25) is 0 Å². The van der Waals surface area contributed by atoms with Crippen LogP contribution in [0.15, 0.2) is 24.3 Å². The summed E-state index contributed by atoms with van der Waals surface area (Å²) in [6.07, 6.45) is 10.2. The van der Waals surface area contributed by atoms with Crippen molar-refractivity contribution in [2.75, 3.05) is 0 Å². The van der Waals surface area contributed by atoms with Gasteiger partial charge in [-0.3, -0.25) is 0 Å². The lowest BCUT2D eigenvalue weighted by Crippen LogP contribution is -2.40. The van der Waals surface area contributed by atoms with Gasteiger partial charge < -0.3 is 5.32 Å². The van der Waals surface area contributed by atoms with Gasteiger partial charge >= 0.3 is 0 Å². The van der Waals surface area contributed by atoms with Crippen LogP contribution >= 0.6 is 0 Å². The minimum Gasteiger partial charge on any atom is -0.307 e. The summed E-state index contributed by atoms with van der Waals surface area (Å²) >= 11 is 0. The summed E-state index contributed by atoms with van der Waals surface area (Å²) in [6, 6.07) is 10.0. The number of aryl methyl sites for hydroxylation is 1. The maximum atomic E-state index is 3.91. The van der Waals surface area contributed by atoms with E-state index in [4.69, 9.17) is 0 Å². The molecule has 0 saturated heterocycles. The van der Waals surface area contributed by atoms with Crippen LogP contribution in [0.4, 0.5) is 0 Å². The molecule has 2 aliphatic rings. The fraction of sp³-hybridized carbons (Fsp3) is 0.684. The predicted molar refractivity (Wildman–Crippen MR) is 85.8 cm³/mol. The summed E-state index contributed by atoms with van der Waals surface area (Å²) in [7, 11) is 0. The van der Waals surface area contributed by atoms with Crippen LogP contribution in [0, 0.1) is 18.8 Å². The highest BCUT2D eigenvalue weighted by Gasteiger charge is 2.32. The van der Waals surface area contributed by atoms with Gasteiger partial charge in [-0.25, -0.2) is 0 Å². The molecule has 110 valence electrons. The first kappa shape index (κ1) is 14.1. The lowest BCUT2D eigenvalue weighted by molar-refractivity contribution is 0.139. The van der Waals surface area contributed by atoms with Crippen molar-refractivity contribution >= 4 is 0 Å². The minimum absolute atomic E-state index is 0.487. The van der Waals surface area contributed by atoms with E-state index in [1.807, 2.05) is 0 Å². The molecule has 0 bridgehead atoms. The van der Waals surface area contributed by atoms with E-state index in [9.17, 15) is 0 Å². The smallest absolute Gasteiger partial charge is 0.0296 e. The van der Waals surface area contributed by atoms with E-state index in [0.717, 1.165) is 17.9 Å². The van der Waals surface area contributed by atoms with Gasteiger partial charge in [-0.1, -0.05) is 49.9 Å². The minimum atomic E-state index is 0.487. The quantitative estimate of drug-likeness (QED) is 0.815. The Bertz CT molecular complexity index is 439. The largest absolute Gasteiger partial charge is 0.307 e. The van der Waals surface area contributed by atoms with Gasteiger partial charge in [0.15, 0.2) is 0 Å². The molecule has 20 heavy (non-hydrogen) atoms. The highest BCUT2D eigenvalue weighted by molar-refractivity contribution is 5.28. The Morgan fingerprint density at radius 1 is 1.00 bits per heavy atom. The average Bonchev–Trinajstić information content (AvgIpc) is 2.47. The van der Waals surface area contributed by atoms with E-state index in [2.05, 4.69) is 43.4 Å². The molecule has 4 atom stereocenters. The van der Waals surface area contributed by atoms with Crippen molar-refractivity contribution in [3.63, 3.8) is 0 Å². The maximum Gasteiger partial charge on any atom is 0.0296 e. The molecule has 0 aromatic heterocycles. The van der Waals surface area contributed by atoms with Gasteiger partial charge in [0.2, 0.25) is 0 Å². The normalized spacial score (nSPS) is 31.6. The number of hydrogen-bond acceptors (Lipinski definition) is 1. The van der Waals surface area contributed by atoms with Crippen molar-refractivity contribution in [3.05, 3.63) is 35.4 Å². The van der Waals surface area contributed by atoms with Crippen LogP contribution in [-0.2, 0) is 0 Å². The third kappa shape index (κ3) is 3.09. The molecule has 0 radical (unpaired) electrons. The van der Waals surface area contributed by atoms with Crippen molar-refractivity contribution in [2.24, 2.45) is 11.8 Å². The summed E-state index contributed by atoms with van der Waals surface area (Å²) < 4.78 is 0. The molecular formula is C19H29N. The van der Waals surface area contributed by atoms with Gasteiger partial charge in [-0.2, -0.15) is 0 Å². The predicted octanol–water partition coefficient (Wildman–Crippen LogP) is 5.00. The van der Waals surface area contributed by atoms with Gasteiger partial charge in [-0.05, 0) is 56.1 Å². The van der Waals surface area contributed by atoms with Crippen LogP contribution in [0.3, 0.4) is 0 Å². The molecule has 3 rings (SSSR count). The number of fused-ring (bicyclic) bond motifs is 1. The van der Waals surface area contributed by atoms with E-state index < -0.39 is 0 Å². The van der Waals surface area contributed by atoms with Gasteiger partial charge in [-0.15, -0.1) is 0 Å². The van der Waals surface area contributed by atoms with E-state index in [0.29, 0.717) is 6.04 Å². The molecule has 0 amide bonds. The fourth-order valence-corrected chi connectivity index (χ4v) is 4.54. The Labute approximate surface area is 124 Å². The van der Waals surface area contributed by atoms with Crippen LogP contribution in [0.1, 0.15) is 69.0 Å². The van der Waals surface area contributed by atoms with Gasteiger partial charge in [0, 0.05) is 12.1 Å². The zero-order chi connectivity index (χ0) is 13.9. The molecule has 1 aromatic carbocycles. The van der Waals surface area contributed by atoms with Crippen molar-refractivity contribution < 1.29 is 0 Å². The molecule has 2 saturated carbocycles. The zero-order valence-corrected chi connectivity index (χ0v) is 13.1. The van der Waals surface area contributed by atoms with Crippen molar-refractivity contribution in [1.82, 2.24) is 5.32 Å². The molecule has 2 fully saturated rings. The Morgan fingerprint density at radius 3 is 2.55 bits per heavy atom. The SMILES string of the molecule is Cc1ccccc1[C@H](C)NC1CCC2CCCCC2C1. The maximum absolute atomic E-state index is 3.91. The third-order valence-corrected chi connectivity index (χ3v) is 5.68. The van der Waals surface area contributed by atoms with Gasteiger partial charge in [0.1, 0.15) is 0 Å². The molecule has 1 heteroatoms. The van der Waals surface area contributed by atoms with E-state index >= 15 is 0 Å². The van der Waals surface area contributed by atoms with Crippen LogP contribution in [0.5, 0.6) is 0 Å². The number of nitrogens with one attached hydrogen (secondary N) is 1. The lowest BCUT2D eigenvalue weighted by Gasteiger charge is -2.40. The molecule has 0 spiro atoms. The van der Waals surface area contributed by atoms with E-state index in [-0.39, 0.29) is 0 Å². The molecule has 0 aliphatic heterocycles. The zero-order valence-electron chi connectivity index (χ0n) is 13.1. The first-order valence-corrected chi connectivity index (χ1v) is 8.55. The summed E-state index contributed by atoms with van der Waals surface area (Å²) in [6.45, 7) is 4.56. The standard InChI is InChI=1S/C19H29N/c1-14-7-3-6-10-19(14)15(2)20-18-12-11-16-8-4-5-9-17(16)13-18/h3,6-7,10,15-18,20H,4-5,8-9,11-13H2,1-2H3/t15-,16?,17?,18?/m0/s1. The molecule has 1 N–H and O–H groups in total. The summed E-state index contributed by atoms with van der Waals surface area (Å²) in [5.41, 5.74) is 2.89. The Morgan fingerprint density at radius 2 is 1.75 bits per heavy atom. The first-order valence-electron chi connectivity index (χ1n) is 8.55. The summed E-state index contributed by atoms with van der Waals surface area (Å²) in [5.74, 6) is 2.06.